The molecule has 0 aliphatic heterocycles. The first-order valence-electron chi connectivity index (χ1n) is 7.70. The van der Waals surface area contributed by atoms with E-state index in [-0.39, 0.29) is 11.3 Å². The third-order valence-electron chi connectivity index (χ3n) is 3.92. The molecule has 0 aliphatic rings. The number of nitrogens with one attached hydrogen (secondary N) is 1. The van der Waals surface area contributed by atoms with Crippen LogP contribution in [-0.2, 0) is 0 Å². The van der Waals surface area contributed by atoms with Crippen LogP contribution in [0.1, 0.15) is 26.9 Å². The fraction of sp³-hybridized carbons (Fsp3) is 0.105. The average Bonchev–Trinajstić information content (AvgIpc) is 3.09. The monoisotopic (exact) mass is 388 g/mol. The standard InChI is InChI=1S/C19H14ClFN2O2S/c20-15-8-7-14(26-15)19(25)16(18(24)11-4-3-9-23-10-11)17(22)12-5-1-2-6-13(12)21/h1-10,16,18,22,24H. The van der Waals surface area contributed by atoms with Crippen molar-refractivity contribution in [3.05, 3.63) is 87.1 Å². The van der Waals surface area contributed by atoms with Crippen LogP contribution in [0.4, 0.5) is 4.39 Å². The second kappa shape index (κ2) is 7.86. The molecule has 4 nitrogen and oxygen atoms in total. The van der Waals surface area contributed by atoms with Gasteiger partial charge in [-0.2, -0.15) is 0 Å². The van der Waals surface area contributed by atoms with Crippen molar-refractivity contribution in [1.29, 1.82) is 5.41 Å². The Balaban J connectivity index is 2.05. The molecule has 0 radical (unpaired) electrons. The van der Waals surface area contributed by atoms with Crippen LogP contribution < -0.4 is 0 Å². The van der Waals surface area contributed by atoms with Crippen LogP contribution in [0, 0.1) is 17.1 Å². The van der Waals surface area contributed by atoms with Crippen LogP contribution in [0.2, 0.25) is 4.34 Å². The van der Waals surface area contributed by atoms with Crippen LogP contribution in [0.5, 0.6) is 0 Å². The molecule has 1 aromatic carbocycles. The van der Waals surface area contributed by atoms with Crippen molar-refractivity contribution >= 4 is 34.4 Å². The predicted octanol–water partition coefficient (Wildman–Crippen LogP) is 4.54. The Morgan fingerprint density at radius 2 is 1.96 bits per heavy atom. The number of nitrogens with zero attached hydrogens (tertiary/aromatic N) is 1. The number of aliphatic hydroxyl groups excluding tert-OH is 1. The molecule has 0 aliphatic carbocycles. The zero-order chi connectivity index (χ0) is 18.7. The number of Topliss-reactive ketones (excluding diaryl/α,β-unsaturated/α-hetero) is 1. The highest BCUT2D eigenvalue weighted by Gasteiger charge is 2.35. The van der Waals surface area contributed by atoms with Gasteiger partial charge in [0.2, 0.25) is 0 Å². The molecule has 0 amide bonds. The van der Waals surface area contributed by atoms with Gasteiger partial charge in [-0.25, -0.2) is 4.39 Å². The molecule has 0 bridgehead atoms. The smallest absolute Gasteiger partial charge is 0.184 e. The van der Waals surface area contributed by atoms with E-state index in [1.807, 2.05) is 0 Å². The summed E-state index contributed by atoms with van der Waals surface area (Å²) >= 11 is 6.96. The number of pyridine rings is 1. The lowest BCUT2D eigenvalue weighted by atomic mass is 9.84. The van der Waals surface area contributed by atoms with E-state index in [0.29, 0.717) is 14.8 Å². The second-order valence-electron chi connectivity index (χ2n) is 5.57. The number of rotatable bonds is 6. The van der Waals surface area contributed by atoms with Gasteiger partial charge in [0.05, 0.1) is 26.9 Å². The zero-order valence-electron chi connectivity index (χ0n) is 13.4. The van der Waals surface area contributed by atoms with Crippen molar-refractivity contribution in [3.63, 3.8) is 0 Å². The summed E-state index contributed by atoms with van der Waals surface area (Å²) in [4.78, 5) is 17.2. The van der Waals surface area contributed by atoms with Crippen molar-refractivity contribution < 1.29 is 14.3 Å². The van der Waals surface area contributed by atoms with E-state index < -0.39 is 23.6 Å². The van der Waals surface area contributed by atoms with Gasteiger partial charge >= 0.3 is 0 Å². The summed E-state index contributed by atoms with van der Waals surface area (Å²) < 4.78 is 14.6. The van der Waals surface area contributed by atoms with Crippen LogP contribution >= 0.6 is 22.9 Å². The highest BCUT2D eigenvalue weighted by molar-refractivity contribution is 7.18. The highest BCUT2D eigenvalue weighted by Crippen LogP contribution is 2.32. The number of thiophene rings is 1. The summed E-state index contributed by atoms with van der Waals surface area (Å²) in [7, 11) is 0. The Hall–Kier alpha value is -2.41. The topological polar surface area (TPSA) is 74.0 Å². The third kappa shape index (κ3) is 3.72. The van der Waals surface area contributed by atoms with Gasteiger partial charge in [0.15, 0.2) is 5.78 Å². The van der Waals surface area contributed by atoms with Gasteiger partial charge in [0.1, 0.15) is 5.82 Å². The first kappa shape index (κ1) is 18.4. The average molecular weight is 389 g/mol. The number of hydrogen-bond acceptors (Lipinski definition) is 5. The summed E-state index contributed by atoms with van der Waals surface area (Å²) in [5.41, 5.74) is 0.0417. The Morgan fingerprint density at radius 1 is 1.19 bits per heavy atom. The number of halogens is 2. The molecule has 2 aromatic heterocycles. The summed E-state index contributed by atoms with van der Waals surface area (Å²) in [6, 6.07) is 12.0. The van der Waals surface area contributed by atoms with Crippen LogP contribution in [0.15, 0.2) is 60.9 Å². The Labute approximate surface area is 158 Å². The fourth-order valence-electron chi connectivity index (χ4n) is 2.62. The maximum absolute atomic E-state index is 14.2. The minimum Gasteiger partial charge on any atom is -0.387 e. The number of aromatic nitrogens is 1. The van der Waals surface area contributed by atoms with Gasteiger partial charge < -0.3 is 10.5 Å². The van der Waals surface area contributed by atoms with E-state index >= 15 is 0 Å². The molecule has 2 heterocycles. The molecule has 0 saturated carbocycles. The lowest BCUT2D eigenvalue weighted by Crippen LogP contribution is -2.31. The lowest BCUT2D eigenvalue weighted by molar-refractivity contribution is 0.0797. The van der Waals surface area contributed by atoms with Gasteiger partial charge in [-0.15, -0.1) is 11.3 Å². The van der Waals surface area contributed by atoms with Crippen molar-refractivity contribution in [1.82, 2.24) is 4.98 Å². The summed E-state index contributed by atoms with van der Waals surface area (Å²) in [6.07, 6.45) is 1.61. The van der Waals surface area contributed by atoms with Crippen molar-refractivity contribution in [3.8, 4) is 0 Å². The molecular weight excluding hydrogens is 375 g/mol. The van der Waals surface area contributed by atoms with Crippen molar-refractivity contribution in [2.24, 2.45) is 5.92 Å². The third-order valence-corrected chi connectivity index (χ3v) is 5.16. The van der Waals surface area contributed by atoms with Crippen molar-refractivity contribution in [2.75, 3.05) is 0 Å². The largest absolute Gasteiger partial charge is 0.387 e. The Bertz CT molecular complexity index is 945. The van der Waals surface area contributed by atoms with E-state index in [4.69, 9.17) is 17.0 Å². The van der Waals surface area contributed by atoms with E-state index in [1.165, 1.54) is 36.7 Å². The number of hydrogen-bond donors (Lipinski definition) is 2. The first-order chi connectivity index (χ1) is 12.5. The lowest BCUT2D eigenvalue weighted by Gasteiger charge is -2.23. The maximum atomic E-state index is 14.2. The number of carbonyl (C=O) groups excluding carboxylic acids is 1. The van der Waals surface area contributed by atoms with E-state index in [0.717, 1.165) is 11.3 Å². The molecule has 0 fully saturated rings. The molecule has 2 unspecified atom stereocenters. The molecular formula is C19H14ClFN2O2S. The van der Waals surface area contributed by atoms with E-state index in [2.05, 4.69) is 4.98 Å². The minimum absolute atomic E-state index is 0.0311. The molecule has 0 saturated heterocycles. The van der Waals surface area contributed by atoms with Gasteiger partial charge in [0.25, 0.3) is 0 Å². The van der Waals surface area contributed by atoms with Crippen molar-refractivity contribution in [2.45, 2.75) is 6.10 Å². The molecule has 0 spiro atoms. The summed E-state index contributed by atoms with van der Waals surface area (Å²) in [5, 5.41) is 19.2. The number of aliphatic hydroxyl groups is 1. The van der Waals surface area contributed by atoms with Crippen LogP contribution in [0.25, 0.3) is 0 Å². The Morgan fingerprint density at radius 3 is 2.58 bits per heavy atom. The van der Waals surface area contributed by atoms with E-state index in [9.17, 15) is 14.3 Å². The van der Waals surface area contributed by atoms with Crippen LogP contribution in [-0.4, -0.2) is 21.6 Å². The first-order valence-corrected chi connectivity index (χ1v) is 8.89. The number of ketones is 1. The molecule has 3 aromatic rings. The molecule has 2 N–H and O–H groups in total. The highest BCUT2D eigenvalue weighted by atomic mass is 35.5. The Kier molecular flexibility index (Phi) is 5.56. The van der Waals surface area contributed by atoms with E-state index in [1.54, 1.807) is 24.3 Å². The molecule has 7 heteroatoms. The predicted molar refractivity (Wildman–Crippen MR) is 99.6 cm³/mol. The summed E-state index contributed by atoms with van der Waals surface area (Å²) in [5.74, 6) is -2.41. The summed E-state index contributed by atoms with van der Waals surface area (Å²) in [6.45, 7) is 0. The quantitative estimate of drug-likeness (QED) is 0.481. The zero-order valence-corrected chi connectivity index (χ0v) is 15.0. The number of benzene rings is 1. The van der Waals surface area contributed by atoms with Crippen LogP contribution in [0.3, 0.4) is 0 Å². The minimum atomic E-state index is -1.34. The molecule has 26 heavy (non-hydrogen) atoms. The number of carbonyl (C=O) groups is 1. The normalized spacial score (nSPS) is 13.2. The fourth-order valence-corrected chi connectivity index (χ4v) is 3.65. The second-order valence-corrected chi connectivity index (χ2v) is 7.29. The van der Waals surface area contributed by atoms with Gasteiger partial charge in [-0.1, -0.05) is 35.9 Å². The maximum Gasteiger partial charge on any atom is 0.184 e. The molecule has 132 valence electrons. The van der Waals surface area contributed by atoms with Gasteiger partial charge in [-0.05, 0) is 29.8 Å². The SMILES string of the molecule is N=C(c1ccccc1F)C(C(=O)c1ccc(Cl)s1)C(O)c1cccnc1. The van der Waals surface area contributed by atoms with Gasteiger partial charge in [0, 0.05) is 18.0 Å². The van der Waals surface area contributed by atoms with Gasteiger partial charge in [-0.3, -0.25) is 9.78 Å². The molecule has 2 atom stereocenters. The molecule has 3 rings (SSSR count).